The molecule has 0 bridgehead atoms. The van der Waals surface area contributed by atoms with Crippen LogP contribution in [0.3, 0.4) is 0 Å². The quantitative estimate of drug-likeness (QED) is 0.718. The Kier molecular flexibility index (Phi) is 4.02. The summed E-state index contributed by atoms with van der Waals surface area (Å²) in [5.41, 5.74) is 0. The lowest BCUT2D eigenvalue weighted by Gasteiger charge is -2.18. The zero-order valence-corrected chi connectivity index (χ0v) is 12.3. The van der Waals surface area contributed by atoms with Crippen molar-refractivity contribution < 1.29 is 13.2 Å². The summed E-state index contributed by atoms with van der Waals surface area (Å²) in [6.07, 6.45) is -0.181. The molecule has 0 aromatic carbocycles. The molecule has 1 aromatic rings. The van der Waals surface area contributed by atoms with Crippen LogP contribution in [0.5, 0.6) is 0 Å². The lowest BCUT2D eigenvalue weighted by atomic mass is 10.2. The van der Waals surface area contributed by atoms with E-state index in [-0.39, 0.29) is 21.8 Å². The molecular formula is C8H14BrN5O3S. The highest BCUT2D eigenvalue weighted by molar-refractivity contribution is 9.10. The number of nitrogens with one attached hydrogen (secondary N) is 2. The highest BCUT2D eigenvalue weighted by atomic mass is 79.9. The molecule has 1 aliphatic heterocycles. The summed E-state index contributed by atoms with van der Waals surface area (Å²) in [7, 11) is -0.607. The molecule has 1 saturated heterocycles. The van der Waals surface area contributed by atoms with Gasteiger partial charge in [-0.05, 0) is 15.9 Å². The number of aryl methyl sites for hydroxylation is 1. The Morgan fingerprint density at radius 2 is 2.28 bits per heavy atom. The maximum absolute atomic E-state index is 12.2. The van der Waals surface area contributed by atoms with E-state index in [0.717, 1.165) is 0 Å². The molecule has 0 saturated carbocycles. The van der Waals surface area contributed by atoms with Crippen molar-refractivity contribution in [1.82, 2.24) is 25.0 Å². The Hall–Kier alpha value is -0.550. The van der Waals surface area contributed by atoms with Crippen LogP contribution in [-0.4, -0.2) is 55.8 Å². The van der Waals surface area contributed by atoms with E-state index in [1.54, 1.807) is 7.11 Å². The minimum atomic E-state index is -3.68. The van der Waals surface area contributed by atoms with Crippen molar-refractivity contribution in [1.29, 1.82) is 0 Å². The van der Waals surface area contributed by atoms with Crippen LogP contribution in [-0.2, 0) is 21.8 Å². The second-order valence-corrected chi connectivity index (χ2v) is 6.35. The number of halogens is 1. The molecule has 2 N–H and O–H groups in total. The van der Waals surface area contributed by atoms with Gasteiger partial charge in [0.05, 0.1) is 12.1 Å². The van der Waals surface area contributed by atoms with Crippen molar-refractivity contribution in [3.05, 3.63) is 4.60 Å². The van der Waals surface area contributed by atoms with Crippen LogP contribution in [0.25, 0.3) is 0 Å². The van der Waals surface area contributed by atoms with E-state index in [9.17, 15) is 8.42 Å². The minimum Gasteiger partial charge on any atom is -0.378 e. The van der Waals surface area contributed by atoms with Crippen molar-refractivity contribution in [2.24, 2.45) is 7.05 Å². The predicted molar refractivity (Wildman–Crippen MR) is 66.5 cm³/mol. The van der Waals surface area contributed by atoms with Crippen molar-refractivity contribution in [2.45, 2.75) is 17.2 Å². The van der Waals surface area contributed by atoms with Crippen LogP contribution in [0.1, 0.15) is 0 Å². The van der Waals surface area contributed by atoms with Gasteiger partial charge in [0, 0.05) is 27.2 Å². The molecule has 102 valence electrons. The van der Waals surface area contributed by atoms with E-state index in [1.165, 1.54) is 11.7 Å². The van der Waals surface area contributed by atoms with Crippen molar-refractivity contribution in [3.8, 4) is 0 Å². The number of hydrogen-bond acceptors (Lipinski definition) is 6. The van der Waals surface area contributed by atoms with Crippen molar-refractivity contribution in [3.63, 3.8) is 0 Å². The Morgan fingerprint density at radius 1 is 1.56 bits per heavy atom. The SMILES string of the molecule is CO[C@H]1CNCC1NS(=O)(=O)c1c(Br)nnn1C. The second-order valence-electron chi connectivity index (χ2n) is 3.97. The van der Waals surface area contributed by atoms with Gasteiger partial charge in [0.2, 0.25) is 5.03 Å². The molecule has 2 heterocycles. The largest absolute Gasteiger partial charge is 0.378 e. The van der Waals surface area contributed by atoms with Gasteiger partial charge in [0.25, 0.3) is 10.0 Å². The first kappa shape index (κ1) is 13.9. The van der Waals surface area contributed by atoms with Gasteiger partial charge in [-0.15, -0.1) is 5.10 Å². The molecule has 1 aromatic heterocycles. The Morgan fingerprint density at radius 3 is 2.83 bits per heavy atom. The standard InChI is InChI=1S/C8H14BrN5O3S/c1-14-8(7(9)11-13-14)18(15,16)12-5-3-10-4-6(5)17-2/h5-6,10,12H,3-4H2,1-2H3/t5?,6-/m0/s1. The Bertz CT molecular complexity index is 511. The van der Waals surface area contributed by atoms with E-state index in [1.807, 2.05) is 0 Å². The summed E-state index contributed by atoms with van der Waals surface area (Å²) in [6.45, 7) is 1.15. The molecule has 1 fully saturated rings. The number of hydrogen-bond donors (Lipinski definition) is 2. The van der Waals surface area contributed by atoms with Gasteiger partial charge in [-0.1, -0.05) is 5.21 Å². The zero-order valence-electron chi connectivity index (χ0n) is 9.92. The third-order valence-corrected chi connectivity index (χ3v) is 5.14. The van der Waals surface area contributed by atoms with E-state index < -0.39 is 10.0 Å². The smallest absolute Gasteiger partial charge is 0.260 e. The maximum atomic E-state index is 12.2. The summed E-state index contributed by atoms with van der Waals surface area (Å²) in [5.74, 6) is 0. The first-order valence-corrected chi connectivity index (χ1v) is 7.54. The summed E-state index contributed by atoms with van der Waals surface area (Å²) >= 11 is 3.07. The molecule has 10 heteroatoms. The molecule has 0 amide bonds. The molecule has 18 heavy (non-hydrogen) atoms. The second kappa shape index (κ2) is 5.21. The third-order valence-electron chi connectivity index (χ3n) is 2.76. The molecule has 8 nitrogen and oxygen atoms in total. The fourth-order valence-electron chi connectivity index (χ4n) is 1.88. The van der Waals surface area contributed by atoms with Crippen molar-refractivity contribution in [2.75, 3.05) is 20.2 Å². The van der Waals surface area contributed by atoms with Crippen LogP contribution in [0, 0.1) is 0 Å². The van der Waals surface area contributed by atoms with E-state index in [0.29, 0.717) is 13.1 Å². The monoisotopic (exact) mass is 339 g/mol. The Balaban J connectivity index is 2.23. The number of sulfonamides is 1. The molecule has 0 aliphatic carbocycles. The van der Waals surface area contributed by atoms with Gasteiger partial charge in [0.1, 0.15) is 0 Å². The number of nitrogens with zero attached hydrogens (tertiary/aromatic N) is 3. The number of methoxy groups -OCH3 is 1. The maximum Gasteiger partial charge on any atom is 0.260 e. The average molecular weight is 340 g/mol. The van der Waals surface area contributed by atoms with E-state index in [4.69, 9.17) is 4.74 Å². The van der Waals surface area contributed by atoms with E-state index in [2.05, 4.69) is 36.3 Å². The number of rotatable bonds is 4. The van der Waals surface area contributed by atoms with Crippen LogP contribution >= 0.6 is 15.9 Å². The van der Waals surface area contributed by atoms with Gasteiger partial charge in [-0.25, -0.2) is 17.8 Å². The highest BCUT2D eigenvalue weighted by Crippen LogP contribution is 2.19. The van der Waals surface area contributed by atoms with Gasteiger partial charge < -0.3 is 10.1 Å². The van der Waals surface area contributed by atoms with E-state index >= 15 is 0 Å². The molecule has 2 rings (SSSR count). The molecule has 0 radical (unpaired) electrons. The lowest BCUT2D eigenvalue weighted by Crippen LogP contribution is -2.44. The normalized spacial score (nSPS) is 24.6. The lowest BCUT2D eigenvalue weighted by molar-refractivity contribution is 0.103. The predicted octanol–water partition coefficient (Wildman–Crippen LogP) is -1.16. The Labute approximate surface area is 113 Å². The molecule has 0 spiro atoms. The van der Waals surface area contributed by atoms with Crippen LogP contribution in [0.4, 0.5) is 0 Å². The molecule has 1 unspecified atom stereocenters. The number of aromatic nitrogens is 3. The highest BCUT2D eigenvalue weighted by Gasteiger charge is 2.33. The number of ether oxygens (including phenoxy) is 1. The summed E-state index contributed by atoms with van der Waals surface area (Å²) in [6, 6.07) is -0.304. The van der Waals surface area contributed by atoms with Gasteiger partial charge >= 0.3 is 0 Å². The summed E-state index contributed by atoms with van der Waals surface area (Å²) in [4.78, 5) is 0. The third kappa shape index (κ3) is 2.57. The molecular weight excluding hydrogens is 326 g/mol. The summed E-state index contributed by atoms with van der Waals surface area (Å²) < 4.78 is 33.7. The first-order valence-electron chi connectivity index (χ1n) is 5.26. The summed E-state index contributed by atoms with van der Waals surface area (Å²) in [5, 5.41) is 10.4. The van der Waals surface area contributed by atoms with Gasteiger partial charge in [-0.3, -0.25) is 0 Å². The minimum absolute atomic E-state index is 0.00394. The van der Waals surface area contributed by atoms with Crippen molar-refractivity contribution >= 4 is 26.0 Å². The van der Waals surface area contributed by atoms with Crippen LogP contribution < -0.4 is 10.0 Å². The average Bonchev–Trinajstić information content (AvgIpc) is 2.85. The topological polar surface area (TPSA) is 98.1 Å². The molecule has 1 aliphatic rings. The van der Waals surface area contributed by atoms with Gasteiger partial charge in [-0.2, -0.15) is 0 Å². The fraction of sp³-hybridized carbons (Fsp3) is 0.750. The fourth-order valence-corrected chi connectivity index (χ4v) is 4.24. The van der Waals surface area contributed by atoms with Crippen LogP contribution in [0.15, 0.2) is 9.63 Å². The zero-order chi connectivity index (χ0) is 13.3. The van der Waals surface area contributed by atoms with Gasteiger partial charge in [0.15, 0.2) is 4.60 Å². The molecule has 2 atom stereocenters. The first-order chi connectivity index (χ1) is 8.45. The van der Waals surface area contributed by atoms with Crippen LogP contribution in [0.2, 0.25) is 0 Å².